The van der Waals surface area contributed by atoms with E-state index in [-0.39, 0.29) is 148 Å². The van der Waals surface area contributed by atoms with Crippen LogP contribution in [-0.4, -0.2) is 83.7 Å². The minimum atomic E-state index is -0.870. The first-order valence-electron chi connectivity index (χ1n) is 13.8. The second-order valence-corrected chi connectivity index (χ2v) is 10.6. The van der Waals surface area contributed by atoms with E-state index in [1.54, 1.807) is 36.4 Å². The Kier molecular flexibility index (Phi) is 26.1. The molecule has 2 fully saturated rings. The van der Waals surface area contributed by atoms with Crippen molar-refractivity contribution in [1.82, 2.24) is 9.80 Å². The van der Waals surface area contributed by atoms with Crippen LogP contribution in [0.4, 0.5) is 0 Å². The van der Waals surface area contributed by atoms with Crippen molar-refractivity contribution < 1.29 is 168 Å². The summed E-state index contributed by atoms with van der Waals surface area (Å²) in [6, 6.07) is 14.1. The molecule has 7 radical (unpaired) electrons. The Morgan fingerprint density at radius 3 is 1.43 bits per heavy atom. The minimum absolute atomic E-state index is 0. The molecular weight excluding hydrogens is 873 g/mol. The van der Waals surface area contributed by atoms with Gasteiger partial charge in [0.15, 0.2) is 17.8 Å². The van der Waals surface area contributed by atoms with E-state index in [9.17, 15) is 19.5 Å². The van der Waals surface area contributed by atoms with Gasteiger partial charge in [0.1, 0.15) is 0 Å². The van der Waals surface area contributed by atoms with Crippen LogP contribution in [0.25, 0.3) is 0 Å². The van der Waals surface area contributed by atoms with Gasteiger partial charge in [0.2, 0.25) is 0 Å². The Morgan fingerprint density at radius 2 is 1.00 bits per heavy atom. The third-order valence-corrected chi connectivity index (χ3v) is 7.71. The van der Waals surface area contributed by atoms with Gasteiger partial charge in [0.05, 0.1) is 37.6 Å². The molecule has 6 rings (SSSR count). The van der Waals surface area contributed by atoms with Crippen molar-refractivity contribution in [3.8, 4) is 0 Å². The predicted octanol–water partition coefficient (Wildman–Crippen LogP) is 3.48. The number of amides is 3. The number of rotatable bonds is 6. The Morgan fingerprint density at radius 1 is 0.617 bits per heavy atom. The normalized spacial score (nSPS) is 19.6. The number of aliphatic hydroxyl groups excluding tert-OH is 1. The van der Waals surface area contributed by atoms with Crippen LogP contribution < -0.4 is 0 Å². The quantitative estimate of drug-likeness (QED) is 0.439. The van der Waals surface area contributed by atoms with Crippen molar-refractivity contribution in [2.45, 2.75) is 57.3 Å². The first-order chi connectivity index (χ1) is 19.2. The van der Waals surface area contributed by atoms with Crippen molar-refractivity contribution >= 4 is 17.7 Å². The fourth-order valence-electron chi connectivity index (χ4n) is 5.30. The van der Waals surface area contributed by atoms with Crippen LogP contribution in [0.1, 0.15) is 82.4 Å². The van der Waals surface area contributed by atoms with Crippen LogP contribution in [0.15, 0.2) is 48.5 Å². The summed E-state index contributed by atoms with van der Waals surface area (Å²) in [4.78, 5) is 39.4. The van der Waals surface area contributed by atoms with Gasteiger partial charge < -0.3 is 29.0 Å². The summed E-state index contributed by atoms with van der Waals surface area (Å²) in [6.07, 6.45) is 1.93. The molecule has 0 spiro atoms. The van der Waals surface area contributed by atoms with Gasteiger partial charge in [-0.05, 0) is 44.9 Å². The molecule has 2 aromatic carbocycles. The van der Waals surface area contributed by atoms with Gasteiger partial charge in [0.25, 0.3) is 17.7 Å². The number of fused-ring (bicyclic) bond motifs is 2. The van der Waals surface area contributed by atoms with E-state index in [2.05, 4.69) is 0 Å². The molecule has 2 aromatic rings. The third kappa shape index (κ3) is 12.5. The van der Waals surface area contributed by atoms with E-state index in [1.807, 2.05) is 26.0 Å². The first-order valence-corrected chi connectivity index (χ1v) is 13.8. The van der Waals surface area contributed by atoms with Crippen LogP contribution in [-0.2, 0) is 149 Å². The molecule has 47 heavy (non-hydrogen) atoms. The summed E-state index contributed by atoms with van der Waals surface area (Å²) in [5.41, 5.74) is 2.21. The maximum Gasteiger partial charge on any atom is 0.261 e. The topological polar surface area (TPSA) is 115 Å². The number of hydrogen-bond acceptors (Lipinski definition) is 8. The monoisotopic (exact) mass is 909 g/mol. The second-order valence-electron chi connectivity index (χ2n) is 10.6. The minimum Gasteiger partial charge on any atom is -0.369 e. The van der Waals surface area contributed by atoms with E-state index in [0.717, 1.165) is 12.8 Å². The van der Waals surface area contributed by atoms with Gasteiger partial charge >= 0.3 is 0 Å². The van der Waals surface area contributed by atoms with Gasteiger partial charge in [-0.25, -0.2) is 0 Å². The van der Waals surface area contributed by atoms with Crippen LogP contribution in [0.5, 0.6) is 0 Å². The number of nitrogens with zero attached hydrogens (tertiary/aromatic N) is 2. The molecule has 2 saturated heterocycles. The summed E-state index contributed by atoms with van der Waals surface area (Å²) in [6.45, 7) is 7.10. The molecule has 0 saturated carbocycles. The van der Waals surface area contributed by atoms with Gasteiger partial charge in [0, 0.05) is 167 Å². The average molecular weight is 909 g/mol. The van der Waals surface area contributed by atoms with E-state index >= 15 is 0 Å². The van der Waals surface area contributed by atoms with E-state index in [1.165, 1.54) is 9.80 Å². The van der Waals surface area contributed by atoms with Crippen LogP contribution in [0.2, 0.25) is 0 Å². The zero-order valence-corrected chi connectivity index (χ0v) is 35.9. The van der Waals surface area contributed by atoms with Gasteiger partial charge in [-0.3, -0.25) is 19.3 Å². The molecule has 10 nitrogen and oxygen atoms in total. The molecule has 4 aliphatic heterocycles. The Labute approximate surface area is 359 Å². The largest absolute Gasteiger partial charge is 0.369 e. The number of benzene rings is 2. The molecule has 1 unspecified atom stereocenters. The molecule has 3 amide bonds. The summed E-state index contributed by atoms with van der Waals surface area (Å²) in [5, 5.41) is 10.2. The van der Waals surface area contributed by atoms with Crippen molar-refractivity contribution in [3.05, 3.63) is 70.8 Å². The molecule has 0 bridgehead atoms. The summed E-state index contributed by atoms with van der Waals surface area (Å²) < 4.78 is 22.5. The van der Waals surface area contributed by atoms with E-state index in [4.69, 9.17) is 18.9 Å². The van der Waals surface area contributed by atoms with Crippen molar-refractivity contribution in [2.24, 2.45) is 0 Å². The predicted molar refractivity (Wildman–Crippen MR) is 143 cm³/mol. The number of aliphatic hydroxyl groups is 1. The summed E-state index contributed by atoms with van der Waals surface area (Å²) in [5.74, 6) is -1.96. The molecule has 1 atom stereocenters. The number of carbonyl (C=O) groups is 3. The smallest absolute Gasteiger partial charge is 0.261 e. The van der Waals surface area contributed by atoms with Crippen molar-refractivity contribution in [3.63, 3.8) is 0 Å². The Bertz CT molecular complexity index is 1250. The fourth-order valence-corrected chi connectivity index (χ4v) is 5.30. The van der Waals surface area contributed by atoms with Crippen LogP contribution in [0, 0.1) is 0 Å². The average Bonchev–Trinajstić information content (AvgIpc) is 3.36. The van der Waals surface area contributed by atoms with Gasteiger partial charge in [-0.1, -0.05) is 30.3 Å². The SMILES string of the molecule is CC1(CCN2C(=O)c3ccccc3C2=O)OCCCO1.CC1(CCN2C(=O)c3ccccc3C2O)OCCCO1.[V].[V].[V].[V].[V].[V].[V]. The summed E-state index contributed by atoms with van der Waals surface area (Å²) in [7, 11) is 0. The molecule has 1 N–H and O–H groups in total. The van der Waals surface area contributed by atoms with Crippen LogP contribution >= 0.6 is 0 Å². The zero-order chi connectivity index (χ0) is 28.3. The maximum absolute atomic E-state index is 12.3. The van der Waals surface area contributed by atoms with Crippen molar-refractivity contribution in [2.75, 3.05) is 39.5 Å². The van der Waals surface area contributed by atoms with Gasteiger partial charge in [-0.15, -0.1) is 0 Å². The van der Waals surface area contributed by atoms with E-state index in [0.29, 0.717) is 74.6 Å². The number of imide groups is 1. The Hall–Kier alpha value is 0.941. The molecule has 17 heteroatoms. The first kappa shape index (κ1) is 52.3. The zero-order valence-electron chi connectivity index (χ0n) is 26.1. The van der Waals surface area contributed by atoms with E-state index < -0.39 is 17.8 Å². The molecule has 4 heterocycles. The molecule has 0 aromatic heterocycles. The standard InChI is InChI=1S/C15H19NO4.C15H17NO4.7V/c2*1-15(19-9-4-10-20-15)7-8-16-13(17)11-5-2-3-6-12(11)14(16)18;;;;;;;/h2-3,5-6,13,17H,4,7-10H2,1H3;2-3,5-6H,4,7-10H2,1H3;;;;;;;. The number of carbonyl (C=O) groups excluding carboxylic acids is 3. The third-order valence-electron chi connectivity index (χ3n) is 7.71. The molecule has 0 aliphatic carbocycles. The fraction of sp³-hybridized carbons (Fsp3) is 0.500. The van der Waals surface area contributed by atoms with Gasteiger partial charge in [-0.2, -0.15) is 0 Å². The summed E-state index contributed by atoms with van der Waals surface area (Å²) >= 11 is 0. The Balaban J connectivity index is -0.000000717. The number of ether oxygens (including phenoxy) is 4. The number of hydrogen-bond donors (Lipinski definition) is 1. The molecular formula is C30H36N2O8V7. The maximum atomic E-state index is 12.3. The molecule has 249 valence electrons. The van der Waals surface area contributed by atoms with Crippen molar-refractivity contribution in [1.29, 1.82) is 0 Å². The second kappa shape index (κ2) is 23.5. The molecule has 4 aliphatic rings. The van der Waals surface area contributed by atoms with Crippen LogP contribution in [0.3, 0.4) is 0 Å².